The van der Waals surface area contributed by atoms with Gasteiger partial charge < -0.3 is 46.7 Å². The first-order chi connectivity index (χ1) is 27.5. The molecule has 5 rings (SSSR count). The molecule has 0 unspecified atom stereocenters. The van der Waals surface area contributed by atoms with Gasteiger partial charge in [0.1, 0.15) is 6.10 Å². The summed E-state index contributed by atoms with van der Waals surface area (Å²) in [5.74, 6) is 2.96. The Hall–Kier alpha value is -4.01. The van der Waals surface area contributed by atoms with E-state index in [1.807, 2.05) is 33.9 Å². The number of phenolic OH excluding ortho intramolecular Hbond substituents is 1. The van der Waals surface area contributed by atoms with Crippen LogP contribution >= 0.6 is 21.6 Å². The lowest BCUT2D eigenvalue weighted by molar-refractivity contribution is -0.148. The van der Waals surface area contributed by atoms with Crippen molar-refractivity contribution in [3.8, 4) is 11.5 Å². The van der Waals surface area contributed by atoms with E-state index in [0.29, 0.717) is 99.5 Å². The molecule has 1 fully saturated rings. The lowest BCUT2D eigenvalue weighted by atomic mass is 9.77. The van der Waals surface area contributed by atoms with Crippen LogP contribution in [0.3, 0.4) is 0 Å². The molecule has 3 aliphatic rings. The number of nitrogens with two attached hydrogens (primary N) is 2. The van der Waals surface area contributed by atoms with Gasteiger partial charge in [0, 0.05) is 62.7 Å². The van der Waals surface area contributed by atoms with Crippen LogP contribution in [-0.2, 0) is 33.7 Å². The van der Waals surface area contributed by atoms with E-state index in [1.165, 1.54) is 19.6 Å². The zero-order valence-corrected chi connectivity index (χ0v) is 35.2. The van der Waals surface area contributed by atoms with E-state index < -0.39 is 17.6 Å². The molecular weight excluding hydrogens is 761 g/mol. The second-order valence-corrected chi connectivity index (χ2v) is 18.2. The number of carbonyl (C=O) groups excluding carboxylic acids is 2. The summed E-state index contributed by atoms with van der Waals surface area (Å²) in [6, 6.07) is 14.3. The van der Waals surface area contributed by atoms with Crippen molar-refractivity contribution >= 4 is 39.4 Å². The third-order valence-corrected chi connectivity index (χ3v) is 13.4. The predicted octanol–water partition coefficient (Wildman–Crippen LogP) is 5.91. The molecule has 0 aromatic heterocycles. The highest BCUT2D eigenvalue weighted by Gasteiger charge is 2.43. The quantitative estimate of drug-likeness (QED) is 0.144. The Balaban J connectivity index is 1.35. The average Bonchev–Trinajstić information content (AvgIpc) is 3.48. The number of allylic oxidation sites excluding steroid dienone is 2. The van der Waals surface area contributed by atoms with Gasteiger partial charge in [0.2, 0.25) is 5.91 Å². The number of hydrogen-bond donors (Lipinski definition) is 6. The van der Waals surface area contributed by atoms with Gasteiger partial charge in [0.25, 0.3) is 0 Å². The molecule has 1 saturated heterocycles. The number of aryl methyl sites for hydroxylation is 2. The van der Waals surface area contributed by atoms with Gasteiger partial charge in [-0.25, -0.2) is 4.99 Å². The van der Waals surface area contributed by atoms with Crippen molar-refractivity contribution in [3.63, 3.8) is 0 Å². The molecule has 312 valence electrons. The van der Waals surface area contributed by atoms with Gasteiger partial charge in [0.15, 0.2) is 17.5 Å². The van der Waals surface area contributed by atoms with Gasteiger partial charge in [0.05, 0.1) is 24.9 Å². The number of nitrogens with zero attached hydrogens (tertiary/aromatic N) is 2. The fourth-order valence-electron chi connectivity index (χ4n) is 8.16. The number of aliphatic hydroxyl groups is 1. The Bertz CT molecular complexity index is 1720. The Labute approximate surface area is 346 Å². The number of aliphatic imine (C=N–C) groups is 1. The van der Waals surface area contributed by atoms with Crippen molar-refractivity contribution in [1.29, 1.82) is 0 Å². The van der Waals surface area contributed by atoms with E-state index in [2.05, 4.69) is 46.0 Å². The van der Waals surface area contributed by atoms with Gasteiger partial charge in [-0.05, 0) is 86.1 Å². The topological polar surface area (TPSA) is 185 Å². The summed E-state index contributed by atoms with van der Waals surface area (Å²) < 4.78 is 11.3. The van der Waals surface area contributed by atoms with Crippen molar-refractivity contribution in [3.05, 3.63) is 82.7 Å². The van der Waals surface area contributed by atoms with Gasteiger partial charge in [-0.1, -0.05) is 76.9 Å². The third-order valence-electron chi connectivity index (χ3n) is 11.1. The maximum absolute atomic E-state index is 13.8. The smallest absolute Gasteiger partial charge is 0.302 e. The average molecular weight is 823 g/mol. The van der Waals surface area contributed by atoms with Gasteiger partial charge in [-0.15, -0.1) is 0 Å². The first kappa shape index (κ1) is 44.1. The van der Waals surface area contributed by atoms with Gasteiger partial charge in [-0.3, -0.25) is 9.59 Å². The molecular formula is C43H62N6O6S2. The number of rotatable bonds is 7. The fourth-order valence-corrected chi connectivity index (χ4v) is 10.3. The molecule has 3 aliphatic heterocycles. The Morgan fingerprint density at radius 1 is 1.11 bits per heavy atom. The number of guanidine groups is 1. The number of phenols is 1. The Kier molecular flexibility index (Phi) is 17.2. The van der Waals surface area contributed by atoms with Crippen LogP contribution in [0.25, 0.3) is 0 Å². The first-order valence-electron chi connectivity index (χ1n) is 20.2. The number of fused-ring (bicyclic) bond motifs is 4. The van der Waals surface area contributed by atoms with E-state index in [-0.39, 0.29) is 24.2 Å². The SMILES string of the molecule is COc1cc2cc(c1O)CN1C[C@](CC3=CCNC(N)=C3)(CCNC(N)=NCSSC[C@@H](CCc3ccccc3)CCCC[C@H](O)C[C@H](OC(C)=O)CC2)CC1=O. The molecule has 0 radical (unpaired) electrons. The molecule has 4 atom stereocenters. The number of ether oxygens (including phenoxy) is 2. The molecule has 8 N–H and O–H groups in total. The number of aliphatic hydroxyl groups excluding tert-OH is 1. The molecule has 57 heavy (non-hydrogen) atoms. The third kappa shape index (κ3) is 14.4. The standard InChI is InChI=1S/C43H62N6O6S2/c1-30(50)55-37-15-14-33-20-35(41(53)38(21-33)54-2)26-49-28-43(25-40(49)52,24-34-16-18-46-39(44)22-34)17-19-47-42(45)48-29-57-56-27-32(10-6-7-11-36(51)23-37)13-12-31-8-4-3-5-9-31/h3-5,8-9,16,20-22,32,36-37,46,51,53H,6-7,10-15,17-19,23-29,44H2,1-2H3,(H3,45,47,48)/t32-,36+,37-,43+/m1/s1. The number of carbonyl (C=O) groups is 2. The maximum Gasteiger partial charge on any atom is 0.302 e. The minimum Gasteiger partial charge on any atom is -0.504 e. The van der Waals surface area contributed by atoms with Crippen LogP contribution in [0.15, 0.2) is 71.0 Å². The number of dihydropyridines is 1. The zero-order chi connectivity index (χ0) is 40.6. The second-order valence-electron chi connectivity index (χ2n) is 15.8. The number of esters is 1. The van der Waals surface area contributed by atoms with E-state index >= 15 is 0 Å². The number of aromatic hydroxyl groups is 1. The monoisotopic (exact) mass is 822 g/mol. The van der Waals surface area contributed by atoms with Crippen LogP contribution in [0.5, 0.6) is 11.5 Å². The Morgan fingerprint density at radius 3 is 2.68 bits per heavy atom. The molecule has 3 heterocycles. The molecule has 14 heteroatoms. The van der Waals surface area contributed by atoms with Crippen LogP contribution in [0.4, 0.5) is 0 Å². The summed E-state index contributed by atoms with van der Waals surface area (Å²) in [5.41, 5.74) is 16.0. The molecule has 2 aromatic rings. The van der Waals surface area contributed by atoms with E-state index in [9.17, 15) is 19.8 Å². The summed E-state index contributed by atoms with van der Waals surface area (Å²) in [4.78, 5) is 32.3. The van der Waals surface area contributed by atoms with Crippen LogP contribution in [-0.4, -0.2) is 83.5 Å². The summed E-state index contributed by atoms with van der Waals surface area (Å²) in [6.07, 6.45) is 11.7. The highest BCUT2D eigenvalue weighted by molar-refractivity contribution is 8.76. The molecule has 0 spiro atoms. The minimum atomic E-state index is -0.600. The molecule has 0 saturated carbocycles. The van der Waals surface area contributed by atoms with Crippen LogP contribution in [0, 0.1) is 11.3 Å². The lowest BCUT2D eigenvalue weighted by Gasteiger charge is -2.31. The molecule has 1 amide bonds. The molecule has 0 aliphatic carbocycles. The number of benzene rings is 2. The van der Waals surface area contributed by atoms with E-state index in [4.69, 9.17) is 20.9 Å². The number of nitrogens with one attached hydrogen (secondary N) is 2. The number of amides is 1. The minimum absolute atomic E-state index is 0.00339. The summed E-state index contributed by atoms with van der Waals surface area (Å²) in [6.45, 7) is 3.27. The van der Waals surface area contributed by atoms with Crippen molar-refractivity contribution in [2.75, 3.05) is 38.4 Å². The lowest BCUT2D eigenvalue weighted by Crippen LogP contribution is -2.37. The van der Waals surface area contributed by atoms with Crippen molar-refractivity contribution < 1.29 is 29.3 Å². The zero-order valence-electron chi connectivity index (χ0n) is 33.5. The summed E-state index contributed by atoms with van der Waals surface area (Å²) in [5, 5.41) is 28.8. The predicted molar refractivity (Wildman–Crippen MR) is 230 cm³/mol. The van der Waals surface area contributed by atoms with Gasteiger partial charge in [-0.2, -0.15) is 0 Å². The number of methoxy groups -OCH3 is 1. The Morgan fingerprint density at radius 2 is 1.91 bits per heavy atom. The number of hydrogen-bond acceptors (Lipinski definition) is 13. The van der Waals surface area contributed by atoms with E-state index in [0.717, 1.165) is 49.0 Å². The fraction of sp³-hybridized carbons (Fsp3) is 0.558. The highest BCUT2D eigenvalue weighted by atomic mass is 33.1. The summed E-state index contributed by atoms with van der Waals surface area (Å²) >= 11 is 0. The van der Waals surface area contributed by atoms with Crippen molar-refractivity contribution in [1.82, 2.24) is 15.5 Å². The molecule has 2 aromatic carbocycles. The maximum atomic E-state index is 13.8. The molecule has 12 nitrogen and oxygen atoms in total. The van der Waals surface area contributed by atoms with Crippen LogP contribution in [0.2, 0.25) is 0 Å². The second kappa shape index (κ2) is 22.2. The van der Waals surface area contributed by atoms with Crippen molar-refractivity contribution in [2.24, 2.45) is 27.8 Å². The van der Waals surface area contributed by atoms with Crippen LogP contribution < -0.4 is 26.8 Å². The van der Waals surface area contributed by atoms with Crippen molar-refractivity contribution in [2.45, 2.75) is 103 Å². The highest BCUT2D eigenvalue weighted by Crippen LogP contribution is 2.43. The largest absolute Gasteiger partial charge is 0.504 e. The normalized spacial score (nSPS) is 24.9. The summed E-state index contributed by atoms with van der Waals surface area (Å²) in [7, 11) is 5.03. The van der Waals surface area contributed by atoms with E-state index in [1.54, 1.807) is 16.9 Å². The molecule has 4 bridgehead atoms. The van der Waals surface area contributed by atoms with Crippen LogP contribution in [0.1, 0.15) is 87.8 Å². The first-order valence-corrected chi connectivity index (χ1v) is 22.7. The van der Waals surface area contributed by atoms with Gasteiger partial charge >= 0.3 is 5.97 Å².